The summed E-state index contributed by atoms with van der Waals surface area (Å²) < 4.78 is 0.123. The molecule has 0 heterocycles. The van der Waals surface area contributed by atoms with Crippen LogP contribution in [0.2, 0.25) is 5.02 Å². The van der Waals surface area contributed by atoms with Crippen molar-refractivity contribution in [3.8, 4) is 0 Å². The Balaban J connectivity index is 2.95. The normalized spacial score (nSPS) is 11.4. The van der Waals surface area contributed by atoms with Gasteiger partial charge >= 0.3 is 5.97 Å². The number of nitrogens with one attached hydrogen (secondary N) is 1. The van der Waals surface area contributed by atoms with E-state index in [1.807, 2.05) is 11.8 Å². The first-order valence-electron chi connectivity index (χ1n) is 6.30. The number of rotatable bonds is 7. The summed E-state index contributed by atoms with van der Waals surface area (Å²) in [6, 6.07) is 5.11. The van der Waals surface area contributed by atoms with Gasteiger partial charge < -0.3 is 10.4 Å². The van der Waals surface area contributed by atoms with Crippen LogP contribution in [0.4, 0.5) is 5.69 Å². The quantitative estimate of drug-likeness (QED) is 0.785. The van der Waals surface area contributed by atoms with E-state index >= 15 is 0 Å². The molecule has 1 aromatic rings. The first-order valence-corrected chi connectivity index (χ1v) is 7.90. The molecule has 0 amide bonds. The second-order valence-corrected chi connectivity index (χ2v) is 6.10. The fourth-order valence-corrected chi connectivity index (χ4v) is 3.06. The van der Waals surface area contributed by atoms with Crippen molar-refractivity contribution >= 4 is 35.0 Å². The molecule has 3 nitrogen and oxygen atoms in total. The van der Waals surface area contributed by atoms with Crippen LogP contribution >= 0.6 is 23.4 Å². The average Bonchev–Trinajstić information content (AvgIpc) is 2.40. The van der Waals surface area contributed by atoms with Crippen LogP contribution < -0.4 is 5.32 Å². The smallest absolute Gasteiger partial charge is 0.339 e. The molecule has 0 aliphatic heterocycles. The first kappa shape index (κ1) is 16.2. The van der Waals surface area contributed by atoms with Crippen molar-refractivity contribution in [2.24, 2.45) is 0 Å². The number of halogens is 1. The first-order chi connectivity index (χ1) is 8.99. The van der Waals surface area contributed by atoms with Crippen molar-refractivity contribution in [3.63, 3.8) is 0 Å². The minimum atomic E-state index is -1.00. The number of hydrogen-bond acceptors (Lipinski definition) is 3. The lowest BCUT2D eigenvalue weighted by atomic mass is 10.0. The zero-order valence-corrected chi connectivity index (χ0v) is 13.1. The van der Waals surface area contributed by atoms with Gasteiger partial charge in [-0.3, -0.25) is 0 Å². The van der Waals surface area contributed by atoms with Gasteiger partial charge in [-0.05, 0) is 31.2 Å². The Morgan fingerprint density at radius 2 is 2.05 bits per heavy atom. The van der Waals surface area contributed by atoms with Gasteiger partial charge in [-0.15, -0.1) is 0 Å². The summed E-state index contributed by atoms with van der Waals surface area (Å²) >= 11 is 7.76. The highest BCUT2D eigenvalue weighted by atomic mass is 35.5. The maximum atomic E-state index is 11.2. The Labute approximate surface area is 123 Å². The summed E-state index contributed by atoms with van der Waals surface area (Å²) in [5, 5.41) is 12.7. The molecule has 0 fully saturated rings. The molecule has 0 unspecified atom stereocenters. The van der Waals surface area contributed by atoms with Gasteiger partial charge in [-0.25, -0.2) is 4.79 Å². The molecule has 2 N–H and O–H groups in total. The van der Waals surface area contributed by atoms with Gasteiger partial charge in [0, 0.05) is 11.3 Å². The molecule has 0 saturated heterocycles. The molecular weight excluding hydrogens is 282 g/mol. The van der Waals surface area contributed by atoms with Gasteiger partial charge in [0.25, 0.3) is 0 Å². The van der Waals surface area contributed by atoms with Gasteiger partial charge in [0.15, 0.2) is 0 Å². The maximum Gasteiger partial charge on any atom is 0.339 e. The standard InChI is InChI=1S/C14H20ClNO2S/c1-4-14(5-2,19-3)9-16-11-8-6-7-10(15)12(11)13(17)18/h6-8,16H,4-5,9H2,1-3H3,(H,17,18). The minimum absolute atomic E-state index is 0.123. The van der Waals surface area contributed by atoms with Crippen molar-refractivity contribution < 1.29 is 9.90 Å². The zero-order valence-electron chi connectivity index (χ0n) is 11.5. The minimum Gasteiger partial charge on any atom is -0.478 e. The molecule has 0 aliphatic rings. The van der Waals surface area contributed by atoms with E-state index in [0.29, 0.717) is 5.69 Å². The van der Waals surface area contributed by atoms with Gasteiger partial charge in [0.2, 0.25) is 0 Å². The van der Waals surface area contributed by atoms with E-state index < -0.39 is 5.97 Å². The van der Waals surface area contributed by atoms with E-state index in [-0.39, 0.29) is 15.3 Å². The molecule has 0 aliphatic carbocycles. The Morgan fingerprint density at radius 1 is 1.42 bits per heavy atom. The van der Waals surface area contributed by atoms with E-state index in [1.54, 1.807) is 18.2 Å². The SMILES string of the molecule is CCC(CC)(CNc1cccc(Cl)c1C(=O)O)SC. The third-order valence-corrected chi connectivity index (χ3v) is 5.45. The van der Waals surface area contributed by atoms with Crippen molar-refractivity contribution in [1.82, 2.24) is 0 Å². The van der Waals surface area contributed by atoms with Crippen LogP contribution in [0.15, 0.2) is 18.2 Å². The van der Waals surface area contributed by atoms with Crippen molar-refractivity contribution in [1.29, 1.82) is 0 Å². The summed E-state index contributed by atoms with van der Waals surface area (Å²) in [5.41, 5.74) is 0.728. The Kier molecular flexibility index (Phi) is 6.01. The number of carboxylic acid groups (broad SMARTS) is 1. The van der Waals surface area contributed by atoms with Gasteiger partial charge in [0.05, 0.1) is 10.7 Å². The Hall–Kier alpha value is -0.870. The number of anilines is 1. The van der Waals surface area contributed by atoms with Crippen LogP contribution in [0.1, 0.15) is 37.0 Å². The molecule has 0 aromatic heterocycles. The summed E-state index contributed by atoms with van der Waals surface area (Å²) in [4.78, 5) is 11.2. The van der Waals surface area contributed by atoms with E-state index in [0.717, 1.165) is 19.4 Å². The van der Waals surface area contributed by atoms with Crippen LogP contribution in [-0.4, -0.2) is 28.6 Å². The van der Waals surface area contributed by atoms with Crippen LogP contribution in [0.3, 0.4) is 0 Å². The molecule has 1 rings (SSSR count). The second-order valence-electron chi connectivity index (χ2n) is 4.42. The lowest BCUT2D eigenvalue weighted by molar-refractivity contribution is 0.0698. The number of hydrogen-bond donors (Lipinski definition) is 2. The van der Waals surface area contributed by atoms with Crippen molar-refractivity contribution in [2.45, 2.75) is 31.4 Å². The third kappa shape index (κ3) is 3.80. The van der Waals surface area contributed by atoms with Crippen LogP contribution in [0.25, 0.3) is 0 Å². The topological polar surface area (TPSA) is 49.3 Å². The highest BCUT2D eigenvalue weighted by Gasteiger charge is 2.25. The highest BCUT2D eigenvalue weighted by Crippen LogP contribution is 2.32. The largest absolute Gasteiger partial charge is 0.478 e. The molecule has 0 bridgehead atoms. The molecule has 1 aromatic carbocycles. The molecule has 0 spiro atoms. The lowest BCUT2D eigenvalue weighted by Gasteiger charge is -2.30. The number of carbonyl (C=O) groups is 1. The number of thioether (sulfide) groups is 1. The molecule has 19 heavy (non-hydrogen) atoms. The number of carboxylic acids is 1. The predicted molar refractivity (Wildman–Crippen MR) is 83.7 cm³/mol. The summed E-state index contributed by atoms with van der Waals surface area (Å²) in [7, 11) is 0. The van der Waals surface area contributed by atoms with E-state index in [2.05, 4.69) is 25.4 Å². The predicted octanol–water partition coefficient (Wildman–Crippen LogP) is 4.37. The zero-order chi connectivity index (χ0) is 14.5. The van der Waals surface area contributed by atoms with E-state index in [1.165, 1.54) is 0 Å². The molecular formula is C14H20ClNO2S. The summed E-state index contributed by atoms with van der Waals surface area (Å²) in [6.07, 6.45) is 4.14. The highest BCUT2D eigenvalue weighted by molar-refractivity contribution is 8.00. The summed E-state index contributed by atoms with van der Waals surface area (Å²) in [6.45, 7) is 5.03. The molecule has 5 heteroatoms. The molecule has 0 radical (unpaired) electrons. The van der Waals surface area contributed by atoms with Gasteiger partial charge in [-0.2, -0.15) is 11.8 Å². The Morgan fingerprint density at radius 3 is 2.53 bits per heavy atom. The van der Waals surface area contributed by atoms with Crippen molar-refractivity contribution in [2.75, 3.05) is 18.1 Å². The monoisotopic (exact) mass is 301 g/mol. The number of benzene rings is 1. The van der Waals surface area contributed by atoms with Crippen LogP contribution in [0.5, 0.6) is 0 Å². The summed E-state index contributed by atoms with van der Waals surface area (Å²) in [5.74, 6) is -1.00. The Bertz CT molecular complexity index is 439. The average molecular weight is 302 g/mol. The molecule has 106 valence electrons. The number of aromatic carboxylic acids is 1. The second kappa shape index (κ2) is 7.06. The van der Waals surface area contributed by atoms with E-state index in [4.69, 9.17) is 11.6 Å². The molecule has 0 saturated carbocycles. The van der Waals surface area contributed by atoms with E-state index in [9.17, 15) is 9.90 Å². The fourth-order valence-electron chi connectivity index (χ4n) is 2.01. The van der Waals surface area contributed by atoms with Gasteiger partial charge in [0.1, 0.15) is 5.56 Å². The molecule has 0 atom stereocenters. The lowest BCUT2D eigenvalue weighted by Crippen LogP contribution is -2.32. The fraction of sp³-hybridized carbons (Fsp3) is 0.500. The third-order valence-electron chi connectivity index (χ3n) is 3.55. The maximum absolute atomic E-state index is 11.2. The van der Waals surface area contributed by atoms with Gasteiger partial charge in [-0.1, -0.05) is 31.5 Å². The van der Waals surface area contributed by atoms with Crippen molar-refractivity contribution in [3.05, 3.63) is 28.8 Å². The van der Waals surface area contributed by atoms with Crippen LogP contribution in [-0.2, 0) is 0 Å². The van der Waals surface area contributed by atoms with Crippen LogP contribution in [0, 0.1) is 0 Å².